The van der Waals surface area contributed by atoms with Gasteiger partial charge in [0.25, 0.3) is 5.91 Å². The molecule has 0 saturated carbocycles. The maximum absolute atomic E-state index is 13.3. The average molecular weight is 367 g/mol. The number of thioether (sulfide) groups is 1. The lowest BCUT2D eigenvalue weighted by Crippen LogP contribution is -2.24. The zero-order valence-electron chi connectivity index (χ0n) is 13.8. The van der Waals surface area contributed by atoms with E-state index in [2.05, 4.69) is 15.4 Å². The quantitative estimate of drug-likeness (QED) is 0.561. The monoisotopic (exact) mass is 367 g/mol. The minimum atomic E-state index is -0.342. The van der Waals surface area contributed by atoms with Crippen molar-refractivity contribution in [3.63, 3.8) is 0 Å². The fourth-order valence-electron chi connectivity index (χ4n) is 2.69. The van der Waals surface area contributed by atoms with E-state index in [4.69, 9.17) is 0 Å². The van der Waals surface area contributed by atoms with E-state index >= 15 is 0 Å². The lowest BCUT2D eigenvalue weighted by molar-refractivity contribution is 0.100. The van der Waals surface area contributed by atoms with Crippen LogP contribution in [0.15, 0.2) is 66.2 Å². The molecule has 130 valence electrons. The third-order valence-corrected chi connectivity index (χ3v) is 4.56. The van der Waals surface area contributed by atoms with Gasteiger partial charge in [0.2, 0.25) is 0 Å². The third kappa shape index (κ3) is 2.84. The highest BCUT2D eigenvalue weighted by molar-refractivity contribution is 7.98. The molecule has 2 aromatic carbocycles. The summed E-state index contributed by atoms with van der Waals surface area (Å²) >= 11 is 1.40. The number of nitrogens with one attached hydrogen (secondary N) is 1. The van der Waals surface area contributed by atoms with Gasteiger partial charge >= 0.3 is 0 Å². The number of imidazole rings is 2. The second-order valence-corrected chi connectivity index (χ2v) is 6.26. The molecule has 0 saturated heterocycles. The Hall–Kier alpha value is -3.13. The summed E-state index contributed by atoms with van der Waals surface area (Å²) in [6.45, 7) is 0. The molecule has 6 nitrogen and oxygen atoms in total. The first-order valence-electron chi connectivity index (χ1n) is 7.78. The summed E-state index contributed by atoms with van der Waals surface area (Å²) in [7, 11) is 0. The first-order valence-corrected chi connectivity index (χ1v) is 9.01. The van der Waals surface area contributed by atoms with Gasteiger partial charge in [-0.25, -0.2) is 19.0 Å². The van der Waals surface area contributed by atoms with E-state index in [1.165, 1.54) is 30.1 Å². The molecule has 2 aromatic heterocycles. The van der Waals surface area contributed by atoms with Crippen LogP contribution in [0.3, 0.4) is 0 Å². The van der Waals surface area contributed by atoms with Crippen LogP contribution in [0.4, 0.5) is 4.39 Å². The maximum atomic E-state index is 13.3. The van der Waals surface area contributed by atoms with Crippen molar-refractivity contribution >= 4 is 28.7 Å². The summed E-state index contributed by atoms with van der Waals surface area (Å²) in [5.41, 5.74) is 5.39. The summed E-state index contributed by atoms with van der Waals surface area (Å²) in [5, 5.41) is 0.636. The molecule has 0 bridgehead atoms. The van der Waals surface area contributed by atoms with Gasteiger partial charge in [-0.2, -0.15) is 0 Å². The molecule has 1 amide bonds. The summed E-state index contributed by atoms with van der Waals surface area (Å²) < 4.78 is 16.5. The van der Waals surface area contributed by atoms with Gasteiger partial charge in [-0.15, -0.1) is 0 Å². The molecule has 0 aliphatic rings. The van der Waals surface area contributed by atoms with Crippen molar-refractivity contribution < 1.29 is 9.18 Å². The Morgan fingerprint density at radius 1 is 1.12 bits per heavy atom. The molecule has 0 atom stereocenters. The molecular weight excluding hydrogens is 353 g/mol. The number of hydrogen-bond donors (Lipinski definition) is 1. The van der Waals surface area contributed by atoms with Crippen molar-refractivity contribution in [2.24, 2.45) is 0 Å². The van der Waals surface area contributed by atoms with E-state index in [9.17, 15) is 9.18 Å². The molecule has 0 radical (unpaired) electrons. The SMILES string of the molecule is CSc1ncc(C(=O)Nn2cnc3ccccc32)n1-c1ccc(F)cc1. The average Bonchev–Trinajstić information content (AvgIpc) is 3.27. The number of para-hydroxylation sites is 2. The lowest BCUT2D eigenvalue weighted by Gasteiger charge is -2.12. The molecule has 26 heavy (non-hydrogen) atoms. The number of benzene rings is 2. The fraction of sp³-hybridized carbons (Fsp3) is 0.0556. The number of fused-ring (bicyclic) bond motifs is 1. The highest BCUT2D eigenvalue weighted by Gasteiger charge is 2.18. The van der Waals surface area contributed by atoms with Crippen LogP contribution in [0.1, 0.15) is 10.5 Å². The Labute approximate surface area is 152 Å². The highest BCUT2D eigenvalue weighted by Crippen LogP contribution is 2.22. The molecule has 8 heteroatoms. The zero-order valence-corrected chi connectivity index (χ0v) is 14.6. The minimum Gasteiger partial charge on any atom is -0.283 e. The van der Waals surface area contributed by atoms with Crippen LogP contribution in [0.5, 0.6) is 0 Å². The van der Waals surface area contributed by atoms with Crippen LogP contribution in [0.25, 0.3) is 16.7 Å². The highest BCUT2D eigenvalue weighted by atomic mass is 32.2. The van der Waals surface area contributed by atoms with Crippen LogP contribution in [0.2, 0.25) is 0 Å². The Morgan fingerprint density at radius 3 is 2.65 bits per heavy atom. The van der Waals surface area contributed by atoms with E-state index in [1.807, 2.05) is 30.5 Å². The second kappa shape index (κ2) is 6.64. The van der Waals surface area contributed by atoms with Gasteiger partial charge in [0.05, 0.1) is 17.2 Å². The Kier molecular flexibility index (Phi) is 4.18. The molecule has 0 spiro atoms. The van der Waals surface area contributed by atoms with Gasteiger partial charge in [0.15, 0.2) is 5.16 Å². The van der Waals surface area contributed by atoms with Crippen molar-refractivity contribution in [1.82, 2.24) is 19.2 Å². The molecule has 2 heterocycles. The maximum Gasteiger partial charge on any atom is 0.288 e. The van der Waals surface area contributed by atoms with E-state index in [1.54, 1.807) is 27.7 Å². The number of carbonyl (C=O) groups is 1. The molecule has 0 aliphatic carbocycles. The van der Waals surface area contributed by atoms with Crippen LogP contribution in [-0.2, 0) is 0 Å². The third-order valence-electron chi connectivity index (χ3n) is 3.91. The molecule has 0 fully saturated rings. The Balaban J connectivity index is 1.72. The Morgan fingerprint density at radius 2 is 1.88 bits per heavy atom. The van der Waals surface area contributed by atoms with Gasteiger partial charge in [-0.3, -0.25) is 14.8 Å². The lowest BCUT2D eigenvalue weighted by atomic mass is 10.3. The van der Waals surface area contributed by atoms with Gasteiger partial charge < -0.3 is 0 Å². The van der Waals surface area contributed by atoms with Gasteiger partial charge in [0, 0.05) is 5.69 Å². The Bertz CT molecular complexity index is 1090. The van der Waals surface area contributed by atoms with Crippen molar-refractivity contribution in [2.45, 2.75) is 5.16 Å². The van der Waals surface area contributed by atoms with Crippen LogP contribution < -0.4 is 5.43 Å². The van der Waals surface area contributed by atoms with Crippen molar-refractivity contribution in [3.8, 4) is 5.69 Å². The normalized spacial score (nSPS) is 11.0. The zero-order chi connectivity index (χ0) is 18.1. The molecule has 0 aliphatic heterocycles. The predicted octanol–water partition coefficient (Wildman–Crippen LogP) is 3.47. The summed E-state index contributed by atoms with van der Waals surface area (Å²) in [6, 6.07) is 13.4. The molecule has 4 rings (SSSR count). The standard InChI is InChI=1S/C18H14FN5OS/c1-26-18-20-10-16(24(18)13-8-6-12(19)7-9-13)17(25)22-23-11-21-14-4-2-3-5-15(14)23/h2-11H,1H3,(H,22,25). The number of halogens is 1. The topological polar surface area (TPSA) is 64.7 Å². The van der Waals surface area contributed by atoms with Crippen LogP contribution in [-0.4, -0.2) is 31.4 Å². The second-order valence-electron chi connectivity index (χ2n) is 5.49. The minimum absolute atomic E-state index is 0.338. The van der Waals surface area contributed by atoms with Crippen molar-refractivity contribution in [1.29, 1.82) is 0 Å². The summed E-state index contributed by atoms with van der Waals surface area (Å²) in [4.78, 5) is 21.4. The molecule has 4 aromatic rings. The van der Waals surface area contributed by atoms with E-state index in [-0.39, 0.29) is 11.7 Å². The smallest absolute Gasteiger partial charge is 0.283 e. The van der Waals surface area contributed by atoms with Gasteiger partial charge in [-0.1, -0.05) is 23.9 Å². The number of carbonyl (C=O) groups excluding carboxylic acids is 1. The first kappa shape index (κ1) is 16.3. The largest absolute Gasteiger partial charge is 0.288 e. The van der Waals surface area contributed by atoms with Crippen LogP contribution >= 0.6 is 11.8 Å². The van der Waals surface area contributed by atoms with E-state index < -0.39 is 0 Å². The number of nitrogens with zero attached hydrogens (tertiary/aromatic N) is 4. The van der Waals surface area contributed by atoms with Gasteiger partial charge in [0.1, 0.15) is 17.8 Å². The van der Waals surface area contributed by atoms with E-state index in [0.717, 1.165) is 11.0 Å². The van der Waals surface area contributed by atoms with Crippen LogP contribution in [0, 0.1) is 5.82 Å². The number of rotatable bonds is 4. The summed E-state index contributed by atoms with van der Waals surface area (Å²) in [6.07, 6.45) is 4.92. The van der Waals surface area contributed by atoms with Crippen molar-refractivity contribution in [2.75, 3.05) is 11.7 Å². The number of amides is 1. The molecule has 1 N–H and O–H groups in total. The first-order chi connectivity index (χ1) is 12.7. The summed E-state index contributed by atoms with van der Waals surface area (Å²) in [5.74, 6) is -0.680. The molecule has 0 unspecified atom stereocenters. The van der Waals surface area contributed by atoms with Crippen molar-refractivity contribution in [3.05, 3.63) is 72.6 Å². The van der Waals surface area contributed by atoms with E-state index in [0.29, 0.717) is 16.5 Å². The van der Waals surface area contributed by atoms with Gasteiger partial charge in [-0.05, 0) is 42.7 Å². The molecular formula is C18H14FN5OS. The number of aromatic nitrogens is 4. The predicted molar refractivity (Wildman–Crippen MR) is 98.7 cm³/mol. The fourth-order valence-corrected chi connectivity index (χ4v) is 3.24. The number of hydrogen-bond acceptors (Lipinski definition) is 4.